The predicted octanol–water partition coefficient (Wildman–Crippen LogP) is 0.476. The SMILES string of the molecule is C[C@H]1CC[C@H](N)CN1C(=O)O. The smallest absolute Gasteiger partial charge is 0.407 e. The monoisotopic (exact) mass is 158 g/mol. The molecule has 64 valence electrons. The van der Waals surface area contributed by atoms with E-state index in [-0.39, 0.29) is 12.1 Å². The molecule has 3 N–H and O–H groups in total. The average Bonchev–Trinajstić information content (AvgIpc) is 1.94. The van der Waals surface area contributed by atoms with Gasteiger partial charge in [-0.2, -0.15) is 0 Å². The highest BCUT2D eigenvalue weighted by molar-refractivity contribution is 5.65. The van der Waals surface area contributed by atoms with E-state index in [9.17, 15) is 4.79 Å². The Morgan fingerprint density at radius 1 is 1.64 bits per heavy atom. The molecule has 0 aromatic rings. The van der Waals surface area contributed by atoms with Gasteiger partial charge in [0.05, 0.1) is 0 Å². The minimum atomic E-state index is -0.854. The Morgan fingerprint density at radius 3 is 2.73 bits per heavy atom. The summed E-state index contributed by atoms with van der Waals surface area (Å²) in [7, 11) is 0. The van der Waals surface area contributed by atoms with Crippen molar-refractivity contribution in [3.8, 4) is 0 Å². The third kappa shape index (κ3) is 1.83. The van der Waals surface area contributed by atoms with Gasteiger partial charge in [-0.3, -0.25) is 0 Å². The largest absolute Gasteiger partial charge is 0.465 e. The van der Waals surface area contributed by atoms with Crippen LogP contribution in [0.1, 0.15) is 19.8 Å². The molecule has 1 saturated heterocycles. The fraction of sp³-hybridized carbons (Fsp3) is 0.857. The van der Waals surface area contributed by atoms with Crippen LogP contribution in [0.15, 0.2) is 0 Å². The Hall–Kier alpha value is -0.770. The van der Waals surface area contributed by atoms with Crippen molar-refractivity contribution in [3.63, 3.8) is 0 Å². The molecule has 2 atom stereocenters. The van der Waals surface area contributed by atoms with Crippen molar-refractivity contribution in [1.29, 1.82) is 0 Å². The molecule has 1 aliphatic heterocycles. The Bertz CT molecular complexity index is 161. The lowest BCUT2D eigenvalue weighted by Gasteiger charge is -2.34. The molecule has 0 aliphatic carbocycles. The molecule has 0 aromatic heterocycles. The first-order valence-corrected chi connectivity index (χ1v) is 3.86. The summed E-state index contributed by atoms with van der Waals surface area (Å²) < 4.78 is 0. The van der Waals surface area contributed by atoms with Crippen molar-refractivity contribution in [2.75, 3.05) is 6.54 Å². The van der Waals surface area contributed by atoms with Crippen LogP contribution < -0.4 is 5.73 Å². The van der Waals surface area contributed by atoms with Gasteiger partial charge in [0.25, 0.3) is 0 Å². The molecule has 0 bridgehead atoms. The normalized spacial score (nSPS) is 32.0. The van der Waals surface area contributed by atoms with Gasteiger partial charge in [0.1, 0.15) is 0 Å². The Labute approximate surface area is 66.0 Å². The molecule has 0 aromatic carbocycles. The standard InChI is InChI=1S/C7H14N2O2/c1-5-2-3-6(8)4-9(5)7(10)11/h5-6H,2-4,8H2,1H3,(H,10,11)/t5-,6-/m0/s1. The van der Waals surface area contributed by atoms with E-state index in [1.807, 2.05) is 6.92 Å². The van der Waals surface area contributed by atoms with Crippen molar-refractivity contribution in [3.05, 3.63) is 0 Å². The molecule has 4 nitrogen and oxygen atoms in total. The first-order valence-electron chi connectivity index (χ1n) is 3.86. The molecule has 0 saturated carbocycles. The number of hydrogen-bond donors (Lipinski definition) is 2. The van der Waals surface area contributed by atoms with Crippen molar-refractivity contribution in [1.82, 2.24) is 4.90 Å². The molecule has 1 rings (SSSR count). The summed E-state index contributed by atoms with van der Waals surface area (Å²) in [5.74, 6) is 0. The second-order valence-corrected chi connectivity index (χ2v) is 3.12. The first-order chi connectivity index (χ1) is 5.11. The number of amides is 1. The van der Waals surface area contributed by atoms with Crippen molar-refractivity contribution in [2.45, 2.75) is 31.8 Å². The van der Waals surface area contributed by atoms with Gasteiger partial charge >= 0.3 is 6.09 Å². The van der Waals surface area contributed by atoms with Crippen LogP contribution in [0.2, 0.25) is 0 Å². The van der Waals surface area contributed by atoms with Gasteiger partial charge < -0.3 is 15.7 Å². The number of carboxylic acid groups (broad SMARTS) is 1. The Morgan fingerprint density at radius 2 is 2.27 bits per heavy atom. The van der Waals surface area contributed by atoms with Gasteiger partial charge in [-0.25, -0.2) is 4.79 Å². The predicted molar refractivity (Wildman–Crippen MR) is 41.4 cm³/mol. The number of likely N-dealkylation sites (tertiary alicyclic amines) is 1. The molecule has 1 fully saturated rings. The zero-order chi connectivity index (χ0) is 8.43. The molecule has 1 aliphatic rings. The van der Waals surface area contributed by atoms with Crippen LogP contribution >= 0.6 is 0 Å². The molecule has 1 amide bonds. The van der Waals surface area contributed by atoms with Gasteiger partial charge in [-0.15, -0.1) is 0 Å². The van der Waals surface area contributed by atoms with Crippen molar-refractivity contribution < 1.29 is 9.90 Å². The van der Waals surface area contributed by atoms with Crippen LogP contribution in [0.4, 0.5) is 4.79 Å². The maximum atomic E-state index is 10.6. The second-order valence-electron chi connectivity index (χ2n) is 3.12. The maximum absolute atomic E-state index is 10.6. The van der Waals surface area contributed by atoms with E-state index in [1.165, 1.54) is 4.90 Å². The molecular formula is C7H14N2O2. The lowest BCUT2D eigenvalue weighted by atomic mass is 10.0. The fourth-order valence-corrected chi connectivity index (χ4v) is 1.40. The fourth-order valence-electron chi connectivity index (χ4n) is 1.40. The number of nitrogens with two attached hydrogens (primary N) is 1. The van der Waals surface area contributed by atoms with E-state index in [2.05, 4.69) is 0 Å². The molecule has 0 spiro atoms. The second kappa shape index (κ2) is 3.09. The first kappa shape index (κ1) is 8.33. The van der Waals surface area contributed by atoms with Crippen molar-refractivity contribution >= 4 is 6.09 Å². The third-order valence-electron chi connectivity index (χ3n) is 2.16. The summed E-state index contributed by atoms with van der Waals surface area (Å²) in [5, 5.41) is 8.70. The minimum Gasteiger partial charge on any atom is -0.465 e. The zero-order valence-corrected chi connectivity index (χ0v) is 6.66. The summed E-state index contributed by atoms with van der Waals surface area (Å²) in [6.07, 6.45) is 0.964. The van der Waals surface area contributed by atoms with Gasteiger partial charge in [-0.05, 0) is 19.8 Å². The Kier molecular flexibility index (Phi) is 2.34. The highest BCUT2D eigenvalue weighted by atomic mass is 16.4. The van der Waals surface area contributed by atoms with Crippen LogP contribution in [0, 0.1) is 0 Å². The lowest BCUT2D eigenvalue weighted by Crippen LogP contribution is -2.49. The summed E-state index contributed by atoms with van der Waals surface area (Å²) in [4.78, 5) is 12.0. The van der Waals surface area contributed by atoms with Crippen LogP contribution in [-0.4, -0.2) is 34.7 Å². The average molecular weight is 158 g/mol. The summed E-state index contributed by atoms with van der Waals surface area (Å²) in [6.45, 7) is 2.40. The number of hydrogen-bond acceptors (Lipinski definition) is 2. The highest BCUT2D eigenvalue weighted by Gasteiger charge is 2.26. The molecule has 0 unspecified atom stereocenters. The van der Waals surface area contributed by atoms with Crippen LogP contribution in [-0.2, 0) is 0 Å². The van der Waals surface area contributed by atoms with Gasteiger partial charge in [-0.1, -0.05) is 0 Å². The van der Waals surface area contributed by atoms with E-state index >= 15 is 0 Å². The van der Waals surface area contributed by atoms with E-state index < -0.39 is 6.09 Å². The number of carbonyl (C=O) groups is 1. The summed E-state index contributed by atoms with van der Waals surface area (Å²) in [6, 6.07) is 0.162. The Balaban J connectivity index is 2.54. The van der Waals surface area contributed by atoms with Gasteiger partial charge in [0.15, 0.2) is 0 Å². The molecule has 4 heteroatoms. The van der Waals surface area contributed by atoms with Gasteiger partial charge in [0, 0.05) is 18.6 Å². The number of rotatable bonds is 0. The summed E-state index contributed by atoms with van der Waals surface area (Å²) >= 11 is 0. The van der Waals surface area contributed by atoms with Crippen molar-refractivity contribution in [2.24, 2.45) is 5.73 Å². The number of piperidine rings is 1. The number of nitrogens with zero attached hydrogens (tertiary/aromatic N) is 1. The van der Waals surface area contributed by atoms with E-state index in [0.717, 1.165) is 12.8 Å². The van der Waals surface area contributed by atoms with E-state index in [0.29, 0.717) is 6.54 Å². The van der Waals surface area contributed by atoms with E-state index in [4.69, 9.17) is 10.8 Å². The van der Waals surface area contributed by atoms with E-state index in [1.54, 1.807) is 0 Å². The molecule has 1 heterocycles. The zero-order valence-electron chi connectivity index (χ0n) is 6.66. The quantitative estimate of drug-likeness (QED) is 0.538. The van der Waals surface area contributed by atoms with Gasteiger partial charge in [0.2, 0.25) is 0 Å². The summed E-state index contributed by atoms with van der Waals surface area (Å²) in [5.41, 5.74) is 5.62. The third-order valence-corrected chi connectivity index (χ3v) is 2.16. The van der Waals surface area contributed by atoms with Crippen LogP contribution in [0.25, 0.3) is 0 Å². The molecule has 11 heavy (non-hydrogen) atoms. The topological polar surface area (TPSA) is 66.6 Å². The maximum Gasteiger partial charge on any atom is 0.407 e. The molecule has 0 radical (unpaired) electrons. The minimum absolute atomic E-state index is 0.0299. The molecular weight excluding hydrogens is 144 g/mol. The van der Waals surface area contributed by atoms with Crippen LogP contribution in [0.3, 0.4) is 0 Å². The lowest BCUT2D eigenvalue weighted by molar-refractivity contribution is 0.106. The van der Waals surface area contributed by atoms with Crippen LogP contribution in [0.5, 0.6) is 0 Å². The highest BCUT2D eigenvalue weighted by Crippen LogP contribution is 2.15.